The number of amides is 1. The molecule has 4 aromatic rings. The highest BCUT2D eigenvalue weighted by Gasteiger charge is 2.14. The van der Waals surface area contributed by atoms with E-state index in [-0.39, 0.29) is 17.9 Å². The fourth-order valence-corrected chi connectivity index (χ4v) is 3.80. The van der Waals surface area contributed by atoms with Gasteiger partial charge < -0.3 is 10.3 Å². The average Bonchev–Trinajstić information content (AvgIpc) is 3.03. The van der Waals surface area contributed by atoms with Gasteiger partial charge in [-0.05, 0) is 36.6 Å². The van der Waals surface area contributed by atoms with Crippen molar-refractivity contribution in [2.24, 2.45) is 0 Å². The van der Waals surface area contributed by atoms with E-state index in [4.69, 9.17) is 0 Å². The van der Waals surface area contributed by atoms with Gasteiger partial charge in [0.25, 0.3) is 5.56 Å². The van der Waals surface area contributed by atoms with Crippen molar-refractivity contribution in [2.45, 2.75) is 13.3 Å². The van der Waals surface area contributed by atoms with Crippen LogP contribution in [0.1, 0.15) is 11.3 Å². The molecule has 0 atom stereocenters. The van der Waals surface area contributed by atoms with Crippen molar-refractivity contribution in [3.8, 4) is 10.6 Å². The summed E-state index contributed by atoms with van der Waals surface area (Å²) in [4.78, 5) is 37.1. The number of para-hydroxylation sites is 1. The molecule has 0 unspecified atom stereocenters. The summed E-state index contributed by atoms with van der Waals surface area (Å²) in [7, 11) is 0. The Morgan fingerprint density at radius 2 is 2.00 bits per heavy atom. The lowest BCUT2D eigenvalue weighted by Crippen LogP contribution is -2.20. The molecular weight excluding hydrogens is 360 g/mol. The van der Waals surface area contributed by atoms with Crippen molar-refractivity contribution in [3.05, 3.63) is 76.3 Å². The first-order valence-electron chi connectivity index (χ1n) is 8.40. The molecule has 0 saturated carbocycles. The third-order valence-corrected chi connectivity index (χ3v) is 5.22. The Kier molecular flexibility index (Phi) is 4.52. The summed E-state index contributed by atoms with van der Waals surface area (Å²) in [5.74, 6) is -0.280. The number of thiazole rings is 1. The van der Waals surface area contributed by atoms with Gasteiger partial charge in [0.05, 0.1) is 22.7 Å². The summed E-state index contributed by atoms with van der Waals surface area (Å²) in [6.07, 6.45) is 1.70. The van der Waals surface area contributed by atoms with E-state index in [0.717, 1.165) is 27.2 Å². The number of benzene rings is 1. The minimum atomic E-state index is -0.280. The van der Waals surface area contributed by atoms with Crippen LogP contribution in [0.5, 0.6) is 0 Å². The van der Waals surface area contributed by atoms with Crippen LogP contribution in [0.15, 0.2) is 59.5 Å². The molecule has 0 saturated heterocycles. The van der Waals surface area contributed by atoms with Gasteiger partial charge in [-0.25, -0.2) is 4.98 Å². The van der Waals surface area contributed by atoms with Gasteiger partial charge in [0.15, 0.2) is 5.13 Å². The first kappa shape index (κ1) is 17.1. The van der Waals surface area contributed by atoms with Crippen LogP contribution >= 0.6 is 11.3 Å². The minimum absolute atomic E-state index is 0.0162. The molecule has 134 valence electrons. The number of aryl methyl sites for hydroxylation is 1. The molecule has 0 aliphatic carbocycles. The Morgan fingerprint density at radius 3 is 2.81 bits per heavy atom. The maximum Gasteiger partial charge on any atom is 0.252 e. The maximum atomic E-state index is 12.4. The number of nitrogens with zero attached hydrogens (tertiary/aromatic N) is 2. The summed E-state index contributed by atoms with van der Waals surface area (Å²) in [5, 5.41) is 4.17. The van der Waals surface area contributed by atoms with Crippen LogP contribution in [0, 0.1) is 6.92 Å². The molecule has 1 aromatic carbocycles. The summed E-state index contributed by atoms with van der Waals surface area (Å²) in [6.45, 7) is 1.88. The summed E-state index contributed by atoms with van der Waals surface area (Å²) in [6, 6.07) is 14.9. The lowest BCUT2D eigenvalue weighted by atomic mass is 10.1. The minimum Gasteiger partial charge on any atom is -0.322 e. The normalized spacial score (nSPS) is 10.9. The molecule has 0 radical (unpaired) electrons. The van der Waals surface area contributed by atoms with Crippen LogP contribution in [0.25, 0.3) is 21.5 Å². The number of H-pyrrole nitrogens is 1. The molecule has 0 fully saturated rings. The Balaban J connectivity index is 1.54. The lowest BCUT2D eigenvalue weighted by Gasteiger charge is -2.03. The van der Waals surface area contributed by atoms with Crippen LogP contribution < -0.4 is 10.9 Å². The van der Waals surface area contributed by atoms with Gasteiger partial charge in [0.1, 0.15) is 0 Å². The molecule has 0 aliphatic heterocycles. The smallest absolute Gasteiger partial charge is 0.252 e. The topological polar surface area (TPSA) is 87.7 Å². The Labute approximate surface area is 158 Å². The number of carbonyl (C=O) groups excluding carboxylic acids is 1. The van der Waals surface area contributed by atoms with Gasteiger partial charge in [0, 0.05) is 17.3 Å². The van der Waals surface area contributed by atoms with Crippen molar-refractivity contribution in [1.29, 1.82) is 0 Å². The second kappa shape index (κ2) is 7.13. The average molecular weight is 376 g/mol. The molecule has 0 spiro atoms. The number of aromatic amines is 1. The quantitative estimate of drug-likeness (QED) is 0.570. The summed E-state index contributed by atoms with van der Waals surface area (Å²) in [5.41, 5.74) is 2.54. The zero-order valence-corrected chi connectivity index (χ0v) is 15.3. The van der Waals surface area contributed by atoms with Crippen molar-refractivity contribution in [1.82, 2.24) is 15.0 Å². The van der Waals surface area contributed by atoms with E-state index in [9.17, 15) is 9.59 Å². The van der Waals surface area contributed by atoms with Gasteiger partial charge in [0.2, 0.25) is 5.91 Å². The molecule has 1 amide bonds. The standard InChI is InChI=1S/C20H16N4O2S/c1-12-18(16-8-4-5-9-21-16)27-20(22-12)24-17(25)11-14-10-13-6-2-3-7-15(13)23-19(14)26/h2-10H,11H2,1H3,(H,23,26)(H,22,24,25). The number of anilines is 1. The van der Waals surface area contributed by atoms with Crippen LogP contribution in [0.2, 0.25) is 0 Å². The molecule has 3 heterocycles. The van der Waals surface area contributed by atoms with Crippen molar-refractivity contribution in [3.63, 3.8) is 0 Å². The van der Waals surface area contributed by atoms with E-state index in [1.165, 1.54) is 11.3 Å². The first-order chi connectivity index (χ1) is 13.1. The molecule has 3 aromatic heterocycles. The molecule has 7 heteroatoms. The van der Waals surface area contributed by atoms with Crippen molar-refractivity contribution < 1.29 is 4.79 Å². The predicted molar refractivity (Wildman–Crippen MR) is 107 cm³/mol. The number of rotatable bonds is 4. The molecular formula is C20H16N4O2S. The summed E-state index contributed by atoms with van der Waals surface area (Å²) < 4.78 is 0. The largest absolute Gasteiger partial charge is 0.322 e. The van der Waals surface area contributed by atoms with Gasteiger partial charge >= 0.3 is 0 Å². The first-order valence-corrected chi connectivity index (χ1v) is 9.21. The van der Waals surface area contributed by atoms with E-state index in [1.54, 1.807) is 12.3 Å². The second-order valence-corrected chi connectivity index (χ2v) is 7.08. The molecule has 0 aliphatic rings. The highest BCUT2D eigenvalue weighted by atomic mass is 32.1. The zero-order chi connectivity index (χ0) is 18.8. The van der Waals surface area contributed by atoms with E-state index < -0.39 is 0 Å². The van der Waals surface area contributed by atoms with E-state index >= 15 is 0 Å². The van der Waals surface area contributed by atoms with Crippen molar-refractivity contribution >= 4 is 33.3 Å². The highest BCUT2D eigenvalue weighted by molar-refractivity contribution is 7.19. The van der Waals surface area contributed by atoms with Gasteiger partial charge in [-0.15, -0.1) is 0 Å². The third kappa shape index (κ3) is 3.63. The SMILES string of the molecule is Cc1nc(NC(=O)Cc2cc3ccccc3[nH]c2=O)sc1-c1ccccn1. The Bertz CT molecular complexity index is 1180. The number of aromatic nitrogens is 3. The number of carbonyl (C=O) groups is 1. The number of fused-ring (bicyclic) bond motifs is 1. The predicted octanol–water partition coefficient (Wildman–Crippen LogP) is 3.54. The maximum absolute atomic E-state index is 12.4. The molecule has 0 bridgehead atoms. The van der Waals surface area contributed by atoms with Gasteiger partial charge in [-0.1, -0.05) is 35.6 Å². The highest BCUT2D eigenvalue weighted by Crippen LogP contribution is 2.31. The Morgan fingerprint density at radius 1 is 1.19 bits per heavy atom. The van der Waals surface area contributed by atoms with Crippen LogP contribution in [-0.4, -0.2) is 20.9 Å². The van der Waals surface area contributed by atoms with Crippen molar-refractivity contribution in [2.75, 3.05) is 5.32 Å². The van der Waals surface area contributed by atoms with E-state index in [1.807, 2.05) is 49.4 Å². The zero-order valence-electron chi connectivity index (χ0n) is 14.5. The Hall–Kier alpha value is -3.32. The monoisotopic (exact) mass is 376 g/mol. The molecule has 6 nitrogen and oxygen atoms in total. The fraction of sp³-hybridized carbons (Fsp3) is 0.100. The fourth-order valence-electron chi connectivity index (χ4n) is 2.84. The van der Waals surface area contributed by atoms with Gasteiger partial charge in [-0.2, -0.15) is 0 Å². The number of hydrogen-bond acceptors (Lipinski definition) is 5. The molecule has 27 heavy (non-hydrogen) atoms. The molecule has 4 rings (SSSR count). The second-order valence-electron chi connectivity index (χ2n) is 6.08. The van der Waals surface area contributed by atoms with E-state index in [0.29, 0.717) is 10.7 Å². The third-order valence-electron chi connectivity index (χ3n) is 4.12. The van der Waals surface area contributed by atoms with E-state index in [2.05, 4.69) is 20.3 Å². The molecule has 2 N–H and O–H groups in total. The van der Waals surface area contributed by atoms with Crippen LogP contribution in [-0.2, 0) is 11.2 Å². The number of pyridine rings is 2. The lowest BCUT2D eigenvalue weighted by molar-refractivity contribution is -0.115. The summed E-state index contributed by atoms with van der Waals surface area (Å²) >= 11 is 1.37. The van der Waals surface area contributed by atoms with Crippen LogP contribution in [0.3, 0.4) is 0 Å². The number of nitrogens with one attached hydrogen (secondary N) is 2. The number of hydrogen-bond donors (Lipinski definition) is 2. The van der Waals surface area contributed by atoms with Gasteiger partial charge in [-0.3, -0.25) is 14.6 Å². The van der Waals surface area contributed by atoms with Crippen LogP contribution in [0.4, 0.5) is 5.13 Å².